The van der Waals surface area contributed by atoms with Crippen LogP contribution in [0.2, 0.25) is 0 Å². The van der Waals surface area contributed by atoms with Crippen molar-refractivity contribution in [3.05, 3.63) is 0 Å². The molecule has 0 radical (unpaired) electrons. The van der Waals surface area contributed by atoms with Crippen molar-refractivity contribution in [1.29, 1.82) is 0 Å². The van der Waals surface area contributed by atoms with Crippen molar-refractivity contribution in [2.24, 2.45) is 0 Å². The second-order valence-electron chi connectivity index (χ2n) is 7.43. The Morgan fingerprint density at radius 2 is 1.04 bits per heavy atom. The van der Waals surface area contributed by atoms with E-state index in [0.717, 1.165) is 25.9 Å². The molecule has 2 nitrogen and oxygen atoms in total. The Bertz CT molecular complexity index is 273. The van der Waals surface area contributed by atoms with Crippen molar-refractivity contribution >= 4 is 5.91 Å². The van der Waals surface area contributed by atoms with Gasteiger partial charge < -0.3 is 4.90 Å². The summed E-state index contributed by atoms with van der Waals surface area (Å²) in [4.78, 5) is 13.7. The zero-order valence-corrected chi connectivity index (χ0v) is 15.8. The molecule has 1 aliphatic heterocycles. The van der Waals surface area contributed by atoms with Crippen LogP contribution < -0.4 is 0 Å². The van der Waals surface area contributed by atoms with Crippen LogP contribution in [0.1, 0.15) is 116 Å². The number of carbonyl (C=O) groups excluding carboxylic acids is 1. The Labute approximate surface area is 145 Å². The summed E-state index contributed by atoms with van der Waals surface area (Å²) in [7, 11) is 0. The van der Waals surface area contributed by atoms with Gasteiger partial charge in [0, 0.05) is 19.5 Å². The van der Waals surface area contributed by atoms with Gasteiger partial charge in [0.25, 0.3) is 0 Å². The molecule has 0 aliphatic carbocycles. The highest BCUT2D eigenvalue weighted by atomic mass is 16.2. The zero-order chi connectivity index (χ0) is 16.6. The minimum absolute atomic E-state index is 0.394. The molecule has 0 aromatic rings. The molecule has 1 aliphatic rings. The average molecular weight is 324 g/mol. The van der Waals surface area contributed by atoms with Gasteiger partial charge in [-0.3, -0.25) is 4.79 Å². The van der Waals surface area contributed by atoms with E-state index < -0.39 is 0 Å². The van der Waals surface area contributed by atoms with Gasteiger partial charge in [-0.1, -0.05) is 96.8 Å². The molecule has 0 spiro atoms. The molecule has 1 amide bonds. The first-order valence-electron chi connectivity index (χ1n) is 10.6. The Hall–Kier alpha value is -0.530. The number of unbranched alkanes of at least 4 members (excludes halogenated alkanes) is 14. The van der Waals surface area contributed by atoms with Crippen LogP contribution in [0.15, 0.2) is 0 Å². The maximum atomic E-state index is 11.7. The van der Waals surface area contributed by atoms with E-state index in [1.807, 2.05) is 4.90 Å². The van der Waals surface area contributed by atoms with Crippen molar-refractivity contribution in [1.82, 2.24) is 4.90 Å². The van der Waals surface area contributed by atoms with E-state index >= 15 is 0 Å². The van der Waals surface area contributed by atoms with Gasteiger partial charge in [-0.15, -0.1) is 0 Å². The lowest BCUT2D eigenvalue weighted by molar-refractivity contribution is -0.134. The van der Waals surface area contributed by atoms with E-state index in [2.05, 4.69) is 6.92 Å². The van der Waals surface area contributed by atoms with Gasteiger partial charge in [-0.2, -0.15) is 0 Å². The lowest BCUT2D eigenvalue weighted by atomic mass is 10.0. The summed E-state index contributed by atoms with van der Waals surface area (Å²) in [6, 6.07) is 0. The third kappa shape index (κ3) is 11.6. The molecule has 1 heterocycles. The van der Waals surface area contributed by atoms with Gasteiger partial charge in [0.2, 0.25) is 5.91 Å². The van der Waals surface area contributed by atoms with Crippen LogP contribution in [-0.4, -0.2) is 23.9 Å². The normalized spacial score (nSPS) is 14.0. The summed E-state index contributed by atoms with van der Waals surface area (Å²) in [6.07, 6.45) is 22.8. The van der Waals surface area contributed by atoms with E-state index in [4.69, 9.17) is 0 Å². The highest BCUT2D eigenvalue weighted by Gasteiger charge is 2.18. The number of hydrogen-bond acceptors (Lipinski definition) is 1. The first-order chi connectivity index (χ1) is 11.3. The highest BCUT2D eigenvalue weighted by Crippen LogP contribution is 2.14. The zero-order valence-electron chi connectivity index (χ0n) is 15.8. The van der Waals surface area contributed by atoms with Crippen molar-refractivity contribution in [3.63, 3.8) is 0 Å². The van der Waals surface area contributed by atoms with Crippen molar-refractivity contribution in [2.45, 2.75) is 116 Å². The SMILES string of the molecule is CCCCCCCCCCCCCCCCCC(=O)N1CCC1. The topological polar surface area (TPSA) is 20.3 Å². The second-order valence-corrected chi connectivity index (χ2v) is 7.43. The predicted molar refractivity (Wildman–Crippen MR) is 101 cm³/mol. The minimum atomic E-state index is 0.394. The first kappa shape index (κ1) is 20.5. The quantitative estimate of drug-likeness (QED) is 0.298. The first-order valence-corrected chi connectivity index (χ1v) is 10.6. The monoisotopic (exact) mass is 323 g/mol. The van der Waals surface area contributed by atoms with Gasteiger partial charge in [-0.25, -0.2) is 0 Å². The average Bonchev–Trinajstić information content (AvgIpc) is 2.49. The van der Waals surface area contributed by atoms with Crippen LogP contribution in [0, 0.1) is 0 Å². The van der Waals surface area contributed by atoms with E-state index in [1.165, 1.54) is 96.3 Å². The van der Waals surface area contributed by atoms with Crippen molar-refractivity contribution in [3.8, 4) is 0 Å². The Morgan fingerprint density at radius 3 is 1.39 bits per heavy atom. The van der Waals surface area contributed by atoms with Crippen molar-refractivity contribution in [2.75, 3.05) is 13.1 Å². The van der Waals surface area contributed by atoms with Crippen LogP contribution in [0.5, 0.6) is 0 Å². The van der Waals surface area contributed by atoms with Gasteiger partial charge in [0.15, 0.2) is 0 Å². The fourth-order valence-electron chi connectivity index (χ4n) is 3.37. The highest BCUT2D eigenvalue weighted by molar-refractivity contribution is 5.76. The van der Waals surface area contributed by atoms with Gasteiger partial charge in [0.1, 0.15) is 0 Å². The molecule has 136 valence electrons. The second kappa shape index (κ2) is 15.0. The van der Waals surface area contributed by atoms with Crippen LogP contribution >= 0.6 is 0 Å². The fraction of sp³-hybridized carbons (Fsp3) is 0.952. The standard InChI is InChI=1S/C21H41NO/c1-2-3-4-5-6-7-8-9-10-11-12-13-14-15-16-18-21(23)22-19-17-20-22/h2-20H2,1H3. The Morgan fingerprint density at radius 1 is 0.652 bits per heavy atom. The van der Waals surface area contributed by atoms with Crippen LogP contribution in [-0.2, 0) is 4.79 Å². The molecule has 1 saturated heterocycles. The van der Waals surface area contributed by atoms with Gasteiger partial charge in [0.05, 0.1) is 0 Å². The predicted octanol–water partition coefficient (Wildman–Crippen LogP) is 6.48. The van der Waals surface area contributed by atoms with E-state index in [9.17, 15) is 4.79 Å². The number of carbonyl (C=O) groups is 1. The van der Waals surface area contributed by atoms with Gasteiger partial charge >= 0.3 is 0 Å². The van der Waals surface area contributed by atoms with E-state index in [-0.39, 0.29) is 0 Å². The molecule has 0 atom stereocenters. The molecule has 0 aromatic heterocycles. The van der Waals surface area contributed by atoms with Crippen molar-refractivity contribution < 1.29 is 4.79 Å². The molecule has 1 rings (SSSR count). The summed E-state index contributed by atoms with van der Waals surface area (Å²) >= 11 is 0. The third-order valence-electron chi connectivity index (χ3n) is 5.20. The molecule has 0 N–H and O–H groups in total. The minimum Gasteiger partial charge on any atom is -0.343 e. The summed E-state index contributed by atoms with van der Waals surface area (Å²) in [5, 5.41) is 0. The number of nitrogens with zero attached hydrogens (tertiary/aromatic N) is 1. The summed E-state index contributed by atoms with van der Waals surface area (Å²) < 4.78 is 0. The van der Waals surface area contributed by atoms with E-state index in [1.54, 1.807) is 0 Å². The third-order valence-corrected chi connectivity index (χ3v) is 5.20. The number of rotatable bonds is 16. The molecule has 0 saturated carbocycles. The molecule has 23 heavy (non-hydrogen) atoms. The number of hydrogen-bond donors (Lipinski definition) is 0. The molecule has 1 fully saturated rings. The summed E-state index contributed by atoms with van der Waals surface area (Å²) in [5.74, 6) is 0.394. The maximum absolute atomic E-state index is 11.7. The molecular formula is C21H41NO. The number of amides is 1. The number of likely N-dealkylation sites (tertiary alicyclic amines) is 1. The van der Waals surface area contributed by atoms with Crippen LogP contribution in [0.3, 0.4) is 0 Å². The molecule has 2 heteroatoms. The maximum Gasteiger partial charge on any atom is 0.222 e. The lowest BCUT2D eigenvalue weighted by Gasteiger charge is -2.30. The molecular weight excluding hydrogens is 282 g/mol. The fourth-order valence-corrected chi connectivity index (χ4v) is 3.37. The largest absolute Gasteiger partial charge is 0.343 e. The molecule has 0 bridgehead atoms. The van der Waals surface area contributed by atoms with E-state index in [0.29, 0.717) is 5.91 Å². The molecule has 0 unspecified atom stereocenters. The molecule has 0 aromatic carbocycles. The lowest BCUT2D eigenvalue weighted by Crippen LogP contribution is -2.41. The van der Waals surface area contributed by atoms with Gasteiger partial charge in [-0.05, 0) is 12.8 Å². The Kier molecular flexibility index (Phi) is 13.4. The van der Waals surface area contributed by atoms with Crippen LogP contribution in [0.4, 0.5) is 0 Å². The summed E-state index contributed by atoms with van der Waals surface area (Å²) in [6.45, 7) is 4.31. The van der Waals surface area contributed by atoms with Crippen LogP contribution in [0.25, 0.3) is 0 Å². The Balaban J connectivity index is 1.67. The smallest absolute Gasteiger partial charge is 0.222 e. The summed E-state index contributed by atoms with van der Waals surface area (Å²) in [5.41, 5.74) is 0.